The van der Waals surface area contributed by atoms with Crippen molar-refractivity contribution in [2.75, 3.05) is 14.1 Å². The van der Waals surface area contributed by atoms with Gasteiger partial charge in [-0.05, 0) is 6.07 Å². The van der Waals surface area contributed by atoms with Crippen molar-refractivity contribution in [1.82, 2.24) is 4.31 Å². The first kappa shape index (κ1) is 15.4. The molecule has 1 unspecified atom stereocenters. The number of nitrogens with zero attached hydrogens (tertiary/aromatic N) is 1. The summed E-state index contributed by atoms with van der Waals surface area (Å²) in [6, 6.07) is 1.36. The number of fused-ring (bicyclic) bond motifs is 1. The fraction of sp³-hybridized carbons (Fsp3) is 0.364. The SMILES string of the molecule is CN(C)S(=O)(=O)c1cc2c(c(Cl)c1Cl)OC(C(N)=O)C2. The van der Waals surface area contributed by atoms with Gasteiger partial charge >= 0.3 is 0 Å². The van der Waals surface area contributed by atoms with Gasteiger partial charge in [0.25, 0.3) is 5.91 Å². The molecule has 0 saturated heterocycles. The van der Waals surface area contributed by atoms with Gasteiger partial charge in [-0.15, -0.1) is 0 Å². The van der Waals surface area contributed by atoms with E-state index in [4.69, 9.17) is 33.7 Å². The summed E-state index contributed by atoms with van der Waals surface area (Å²) < 4.78 is 30.7. The molecule has 2 rings (SSSR count). The predicted octanol–water partition coefficient (Wildman–Crippen LogP) is 1.03. The molecule has 20 heavy (non-hydrogen) atoms. The zero-order chi connectivity index (χ0) is 15.2. The molecule has 1 aliphatic rings. The summed E-state index contributed by atoms with van der Waals surface area (Å²) in [6.07, 6.45) is -0.701. The minimum Gasteiger partial charge on any atom is -0.478 e. The maximum Gasteiger partial charge on any atom is 0.258 e. The molecule has 0 aliphatic carbocycles. The van der Waals surface area contributed by atoms with Gasteiger partial charge in [0.1, 0.15) is 15.7 Å². The monoisotopic (exact) mass is 338 g/mol. The molecule has 6 nitrogen and oxygen atoms in total. The summed E-state index contributed by atoms with van der Waals surface area (Å²) >= 11 is 12.0. The normalized spacial score (nSPS) is 17.9. The molecule has 0 aromatic heterocycles. The molecule has 9 heteroatoms. The largest absolute Gasteiger partial charge is 0.478 e. The highest BCUT2D eigenvalue weighted by Gasteiger charge is 2.34. The summed E-state index contributed by atoms with van der Waals surface area (Å²) in [6.45, 7) is 0. The van der Waals surface area contributed by atoms with E-state index in [0.29, 0.717) is 5.56 Å². The number of carbonyl (C=O) groups excluding carboxylic acids is 1. The number of hydrogen-bond donors (Lipinski definition) is 1. The maximum atomic E-state index is 12.2. The van der Waals surface area contributed by atoms with E-state index in [1.807, 2.05) is 0 Å². The van der Waals surface area contributed by atoms with Crippen molar-refractivity contribution in [2.24, 2.45) is 5.73 Å². The lowest BCUT2D eigenvalue weighted by molar-refractivity contribution is -0.123. The number of hydrogen-bond acceptors (Lipinski definition) is 4. The Labute approximate surface area is 126 Å². The first-order chi connectivity index (χ1) is 9.16. The van der Waals surface area contributed by atoms with E-state index < -0.39 is 22.0 Å². The Bertz CT molecular complexity index is 688. The Kier molecular flexibility index (Phi) is 3.90. The lowest BCUT2D eigenvalue weighted by Gasteiger charge is -2.15. The number of benzene rings is 1. The highest BCUT2D eigenvalue weighted by Crippen LogP contribution is 2.44. The van der Waals surface area contributed by atoms with E-state index in [0.717, 1.165) is 4.31 Å². The van der Waals surface area contributed by atoms with E-state index in [9.17, 15) is 13.2 Å². The van der Waals surface area contributed by atoms with Crippen LogP contribution < -0.4 is 10.5 Å². The molecule has 0 fully saturated rings. The number of carbonyl (C=O) groups is 1. The van der Waals surface area contributed by atoms with Crippen LogP contribution in [0.2, 0.25) is 10.0 Å². The number of nitrogens with two attached hydrogens (primary N) is 1. The van der Waals surface area contributed by atoms with Gasteiger partial charge in [-0.3, -0.25) is 4.79 Å². The number of amides is 1. The average Bonchev–Trinajstić information content (AvgIpc) is 2.77. The number of primary amides is 1. The van der Waals surface area contributed by atoms with Gasteiger partial charge in [0.05, 0.1) is 5.02 Å². The molecule has 1 aliphatic heterocycles. The number of ether oxygens (including phenoxy) is 1. The van der Waals surface area contributed by atoms with Crippen LogP contribution in [0.4, 0.5) is 0 Å². The van der Waals surface area contributed by atoms with Crippen molar-refractivity contribution < 1.29 is 17.9 Å². The minimum absolute atomic E-state index is 0.0339. The summed E-state index contributed by atoms with van der Waals surface area (Å²) in [5, 5.41) is -0.169. The molecule has 0 saturated carbocycles. The van der Waals surface area contributed by atoms with Gasteiger partial charge in [-0.1, -0.05) is 23.2 Å². The summed E-state index contributed by atoms with van der Waals surface area (Å²) in [4.78, 5) is 11.0. The van der Waals surface area contributed by atoms with Crippen molar-refractivity contribution in [3.05, 3.63) is 21.7 Å². The standard InChI is InChI=1S/C11H12Cl2N2O4S/c1-15(2)20(17,18)7-4-5-3-6(11(14)16)19-10(5)9(13)8(7)12/h4,6H,3H2,1-2H3,(H2,14,16). The predicted molar refractivity (Wildman–Crippen MR) is 74.6 cm³/mol. The van der Waals surface area contributed by atoms with Crippen LogP contribution >= 0.6 is 23.2 Å². The third-order valence-electron chi connectivity index (χ3n) is 2.95. The molecular formula is C11H12Cl2N2O4S. The molecule has 110 valence electrons. The summed E-state index contributed by atoms with van der Waals surface area (Å²) in [7, 11) is -0.975. The van der Waals surface area contributed by atoms with Gasteiger partial charge < -0.3 is 10.5 Å². The van der Waals surface area contributed by atoms with E-state index >= 15 is 0 Å². The van der Waals surface area contributed by atoms with Crippen LogP contribution in [0.1, 0.15) is 5.56 Å². The van der Waals surface area contributed by atoms with Crippen LogP contribution in [0.25, 0.3) is 0 Å². The van der Waals surface area contributed by atoms with Gasteiger partial charge in [0, 0.05) is 26.1 Å². The Morgan fingerprint density at radius 2 is 2.00 bits per heavy atom. The third kappa shape index (κ3) is 2.35. The lowest BCUT2D eigenvalue weighted by Crippen LogP contribution is -2.32. The quantitative estimate of drug-likeness (QED) is 0.891. The molecule has 2 N–H and O–H groups in total. The topological polar surface area (TPSA) is 89.7 Å². The second kappa shape index (κ2) is 5.07. The number of sulfonamides is 1. The second-order valence-corrected chi connectivity index (χ2v) is 7.37. The Balaban J connectivity index is 2.60. The van der Waals surface area contributed by atoms with Gasteiger partial charge in [0.15, 0.2) is 6.10 Å². The van der Waals surface area contributed by atoms with Crippen molar-refractivity contribution in [3.8, 4) is 5.75 Å². The molecule has 1 aromatic carbocycles. The summed E-state index contributed by atoms with van der Waals surface area (Å²) in [5.74, 6) is -0.441. The summed E-state index contributed by atoms with van der Waals surface area (Å²) in [5.41, 5.74) is 5.66. The fourth-order valence-electron chi connectivity index (χ4n) is 1.84. The molecule has 0 bridgehead atoms. The zero-order valence-corrected chi connectivity index (χ0v) is 13.0. The van der Waals surface area contributed by atoms with Gasteiger partial charge in [-0.25, -0.2) is 12.7 Å². The zero-order valence-electron chi connectivity index (χ0n) is 10.7. The van der Waals surface area contributed by atoms with E-state index in [1.165, 1.54) is 20.2 Å². The van der Waals surface area contributed by atoms with Gasteiger partial charge in [-0.2, -0.15) is 0 Å². The first-order valence-electron chi connectivity index (χ1n) is 5.55. The van der Waals surface area contributed by atoms with Gasteiger partial charge in [0.2, 0.25) is 10.0 Å². The van der Waals surface area contributed by atoms with Crippen LogP contribution in [0, 0.1) is 0 Å². The van der Waals surface area contributed by atoms with Crippen LogP contribution in [-0.4, -0.2) is 38.8 Å². The first-order valence-corrected chi connectivity index (χ1v) is 7.75. The van der Waals surface area contributed by atoms with Crippen LogP contribution in [0.3, 0.4) is 0 Å². The van der Waals surface area contributed by atoms with Crippen molar-refractivity contribution in [1.29, 1.82) is 0 Å². The lowest BCUT2D eigenvalue weighted by atomic mass is 10.1. The minimum atomic E-state index is -3.74. The van der Waals surface area contributed by atoms with Crippen LogP contribution in [0.15, 0.2) is 11.0 Å². The second-order valence-electron chi connectivity index (χ2n) is 4.49. The molecule has 0 spiro atoms. The van der Waals surface area contributed by atoms with E-state index in [1.54, 1.807) is 0 Å². The molecule has 1 atom stereocenters. The number of rotatable bonds is 3. The third-order valence-corrected chi connectivity index (χ3v) is 5.75. The van der Waals surface area contributed by atoms with Crippen molar-refractivity contribution >= 4 is 39.1 Å². The Morgan fingerprint density at radius 3 is 2.50 bits per heavy atom. The molecule has 1 aromatic rings. The fourth-order valence-corrected chi connectivity index (χ4v) is 3.61. The highest BCUT2D eigenvalue weighted by atomic mass is 35.5. The smallest absolute Gasteiger partial charge is 0.258 e. The maximum absolute atomic E-state index is 12.2. The molecular weight excluding hydrogens is 327 g/mol. The van der Waals surface area contributed by atoms with Crippen molar-refractivity contribution in [3.63, 3.8) is 0 Å². The van der Waals surface area contributed by atoms with Crippen LogP contribution in [-0.2, 0) is 21.2 Å². The highest BCUT2D eigenvalue weighted by molar-refractivity contribution is 7.89. The number of halogens is 2. The molecule has 1 amide bonds. The Hall–Kier alpha value is -1.02. The van der Waals surface area contributed by atoms with E-state index in [-0.39, 0.29) is 27.1 Å². The average molecular weight is 339 g/mol. The Morgan fingerprint density at radius 1 is 1.40 bits per heavy atom. The van der Waals surface area contributed by atoms with Crippen LogP contribution in [0.5, 0.6) is 5.75 Å². The molecule has 0 radical (unpaired) electrons. The molecule has 1 heterocycles. The van der Waals surface area contributed by atoms with Crippen molar-refractivity contribution in [2.45, 2.75) is 17.4 Å². The van der Waals surface area contributed by atoms with E-state index in [2.05, 4.69) is 0 Å².